The van der Waals surface area contributed by atoms with E-state index in [2.05, 4.69) is 31.4 Å². The molecule has 0 amide bonds. The maximum Gasteiger partial charge on any atom is 0.161 e. The summed E-state index contributed by atoms with van der Waals surface area (Å²) in [7, 11) is 1.86. The van der Waals surface area contributed by atoms with Gasteiger partial charge in [0.25, 0.3) is 0 Å². The van der Waals surface area contributed by atoms with Gasteiger partial charge < -0.3 is 9.88 Å². The zero-order chi connectivity index (χ0) is 13.8. The van der Waals surface area contributed by atoms with Gasteiger partial charge in [-0.15, -0.1) is 10.2 Å². The van der Waals surface area contributed by atoms with E-state index in [1.807, 2.05) is 17.7 Å². The number of aromatic nitrogens is 3. The number of nitriles is 1. The molecule has 1 aromatic heterocycles. The molecule has 0 radical (unpaired) electrons. The molecule has 0 bridgehead atoms. The van der Waals surface area contributed by atoms with Gasteiger partial charge in [0, 0.05) is 20.0 Å². The fraction of sp³-hybridized carbons (Fsp3) is 0.250. The van der Waals surface area contributed by atoms with Gasteiger partial charge in [-0.2, -0.15) is 5.26 Å². The average molecular weight is 324 g/mol. The van der Waals surface area contributed by atoms with Crippen LogP contribution in [-0.4, -0.2) is 21.3 Å². The van der Waals surface area contributed by atoms with Crippen LogP contribution in [0.4, 0.5) is 10.1 Å². The molecule has 0 saturated heterocycles. The van der Waals surface area contributed by atoms with Crippen LogP contribution in [0, 0.1) is 17.1 Å². The average Bonchev–Trinajstić information content (AvgIpc) is 2.81. The smallest absolute Gasteiger partial charge is 0.161 e. The van der Waals surface area contributed by atoms with E-state index < -0.39 is 5.82 Å². The van der Waals surface area contributed by atoms with Gasteiger partial charge in [-0.25, -0.2) is 4.39 Å². The Morgan fingerprint density at radius 2 is 2.32 bits per heavy atom. The van der Waals surface area contributed by atoms with E-state index in [0.717, 1.165) is 5.82 Å². The summed E-state index contributed by atoms with van der Waals surface area (Å²) in [5, 5.41) is 19.5. The second-order valence-electron chi connectivity index (χ2n) is 3.94. The van der Waals surface area contributed by atoms with Gasteiger partial charge in [-0.3, -0.25) is 0 Å². The van der Waals surface area contributed by atoms with Crippen molar-refractivity contribution in [3.8, 4) is 6.07 Å². The third kappa shape index (κ3) is 2.90. The number of aryl methyl sites for hydroxylation is 1. The van der Waals surface area contributed by atoms with Gasteiger partial charge in [0.2, 0.25) is 0 Å². The van der Waals surface area contributed by atoms with Crippen LogP contribution in [0.3, 0.4) is 0 Å². The lowest BCUT2D eigenvalue weighted by Gasteiger charge is -2.09. The summed E-state index contributed by atoms with van der Waals surface area (Å²) < 4.78 is 15.9. The fourth-order valence-corrected chi connectivity index (χ4v) is 2.05. The molecule has 0 spiro atoms. The first-order valence-corrected chi connectivity index (χ1v) is 6.37. The summed E-state index contributed by atoms with van der Waals surface area (Å²) in [6.07, 6.45) is 2.25. The lowest BCUT2D eigenvalue weighted by molar-refractivity contribution is 0.622. The van der Waals surface area contributed by atoms with E-state index in [4.69, 9.17) is 5.26 Å². The lowest BCUT2D eigenvalue weighted by atomic mass is 10.2. The Morgan fingerprint density at radius 1 is 1.53 bits per heavy atom. The van der Waals surface area contributed by atoms with E-state index in [-0.39, 0.29) is 10.0 Å². The molecule has 1 N–H and O–H groups in total. The van der Waals surface area contributed by atoms with Crippen LogP contribution < -0.4 is 5.32 Å². The second kappa shape index (κ2) is 5.80. The quantitative estimate of drug-likeness (QED) is 0.937. The van der Waals surface area contributed by atoms with Gasteiger partial charge in [0.15, 0.2) is 5.82 Å². The van der Waals surface area contributed by atoms with E-state index in [0.29, 0.717) is 18.7 Å². The van der Waals surface area contributed by atoms with Gasteiger partial charge >= 0.3 is 0 Å². The monoisotopic (exact) mass is 323 g/mol. The molecule has 1 heterocycles. The number of nitrogens with one attached hydrogen (secondary N) is 1. The minimum absolute atomic E-state index is 0.179. The van der Waals surface area contributed by atoms with Crippen LogP contribution in [0.2, 0.25) is 0 Å². The van der Waals surface area contributed by atoms with Crippen LogP contribution in [0.25, 0.3) is 0 Å². The van der Waals surface area contributed by atoms with Crippen LogP contribution in [0.15, 0.2) is 22.9 Å². The molecule has 0 fully saturated rings. The minimum Gasteiger partial charge on any atom is -0.382 e. The summed E-state index contributed by atoms with van der Waals surface area (Å²) in [5.41, 5.74) is 0.629. The molecule has 0 unspecified atom stereocenters. The topological polar surface area (TPSA) is 66.5 Å². The van der Waals surface area contributed by atoms with Crippen molar-refractivity contribution in [3.05, 3.63) is 40.1 Å². The molecule has 0 atom stereocenters. The molecule has 1 aromatic carbocycles. The lowest BCUT2D eigenvalue weighted by Crippen LogP contribution is -2.10. The van der Waals surface area contributed by atoms with Gasteiger partial charge in [0.05, 0.1) is 15.7 Å². The molecule has 19 heavy (non-hydrogen) atoms. The molecule has 5 nitrogen and oxygen atoms in total. The number of hydrogen-bond donors (Lipinski definition) is 1. The Hall–Kier alpha value is -1.94. The summed E-state index contributed by atoms with van der Waals surface area (Å²) in [5.74, 6) is 0.359. The molecule has 2 rings (SSSR count). The van der Waals surface area contributed by atoms with E-state index in [1.165, 1.54) is 0 Å². The molecular weight excluding hydrogens is 313 g/mol. The Kier molecular flexibility index (Phi) is 4.12. The van der Waals surface area contributed by atoms with Crippen molar-refractivity contribution in [2.45, 2.75) is 6.42 Å². The highest BCUT2D eigenvalue weighted by molar-refractivity contribution is 9.10. The van der Waals surface area contributed by atoms with Gasteiger partial charge in [-0.1, -0.05) is 0 Å². The Bertz CT molecular complexity index is 632. The first kappa shape index (κ1) is 13.5. The predicted octanol–water partition coefficient (Wildman–Crippen LogP) is 2.24. The standard InChI is InChI=1S/C12H11BrFN5/c1-19-7-17-18-10(19)4-5-16-9-3-2-8(6-15)11(13)12(9)14/h2-3,7,16H,4-5H2,1H3. The molecule has 0 saturated carbocycles. The highest BCUT2D eigenvalue weighted by Crippen LogP contribution is 2.26. The normalized spacial score (nSPS) is 10.2. The highest BCUT2D eigenvalue weighted by Gasteiger charge is 2.10. The first-order chi connectivity index (χ1) is 9.13. The highest BCUT2D eigenvalue weighted by atomic mass is 79.9. The molecule has 0 aliphatic carbocycles. The number of hydrogen-bond acceptors (Lipinski definition) is 4. The molecular formula is C12H11BrFN5. The van der Waals surface area contributed by atoms with E-state index in [9.17, 15) is 4.39 Å². The fourth-order valence-electron chi connectivity index (χ4n) is 1.61. The maximum atomic E-state index is 13.9. The van der Waals surface area contributed by atoms with Crippen molar-refractivity contribution >= 4 is 21.6 Å². The zero-order valence-electron chi connectivity index (χ0n) is 10.2. The summed E-state index contributed by atoms with van der Waals surface area (Å²) in [6.45, 7) is 0.530. The van der Waals surface area contributed by atoms with Crippen LogP contribution >= 0.6 is 15.9 Å². The summed E-state index contributed by atoms with van der Waals surface area (Å²) in [4.78, 5) is 0. The Balaban J connectivity index is 2.03. The Labute approximate surface area is 118 Å². The first-order valence-electron chi connectivity index (χ1n) is 5.58. The maximum absolute atomic E-state index is 13.9. The predicted molar refractivity (Wildman–Crippen MR) is 72.0 cm³/mol. The number of anilines is 1. The van der Waals surface area contributed by atoms with Gasteiger partial charge in [0.1, 0.15) is 18.2 Å². The number of halogens is 2. The Morgan fingerprint density at radius 3 is 2.95 bits per heavy atom. The third-order valence-corrected chi connectivity index (χ3v) is 3.45. The van der Waals surface area contributed by atoms with Crippen molar-refractivity contribution in [3.63, 3.8) is 0 Å². The van der Waals surface area contributed by atoms with Crippen LogP contribution in [0.1, 0.15) is 11.4 Å². The van der Waals surface area contributed by atoms with Crippen LogP contribution in [-0.2, 0) is 13.5 Å². The minimum atomic E-state index is -0.461. The molecule has 7 heteroatoms. The molecule has 0 aliphatic heterocycles. The van der Waals surface area contributed by atoms with Gasteiger partial charge in [-0.05, 0) is 28.1 Å². The molecule has 0 aliphatic rings. The largest absolute Gasteiger partial charge is 0.382 e. The van der Waals surface area contributed by atoms with Crippen molar-refractivity contribution < 1.29 is 4.39 Å². The van der Waals surface area contributed by atoms with Crippen LogP contribution in [0.5, 0.6) is 0 Å². The number of benzene rings is 1. The van der Waals surface area contributed by atoms with Crippen molar-refractivity contribution in [1.82, 2.24) is 14.8 Å². The van der Waals surface area contributed by atoms with Crippen molar-refractivity contribution in [2.75, 3.05) is 11.9 Å². The number of rotatable bonds is 4. The third-order valence-electron chi connectivity index (χ3n) is 2.67. The zero-order valence-corrected chi connectivity index (χ0v) is 11.8. The second-order valence-corrected chi connectivity index (χ2v) is 4.73. The van der Waals surface area contributed by atoms with E-state index in [1.54, 1.807) is 18.5 Å². The summed E-state index contributed by atoms with van der Waals surface area (Å²) >= 11 is 3.07. The summed E-state index contributed by atoms with van der Waals surface area (Å²) in [6, 6.07) is 5.03. The SMILES string of the molecule is Cn1cnnc1CCNc1ccc(C#N)c(Br)c1F. The van der Waals surface area contributed by atoms with Crippen molar-refractivity contribution in [1.29, 1.82) is 5.26 Å². The number of nitrogens with zero attached hydrogens (tertiary/aromatic N) is 4. The molecule has 2 aromatic rings. The molecule has 98 valence electrons. The van der Waals surface area contributed by atoms with E-state index >= 15 is 0 Å². The van der Waals surface area contributed by atoms with Crippen molar-refractivity contribution in [2.24, 2.45) is 7.05 Å².